The first-order valence-corrected chi connectivity index (χ1v) is 7.05. The van der Waals surface area contributed by atoms with Crippen LogP contribution in [-0.4, -0.2) is 42.5 Å². The smallest absolute Gasteiger partial charge is 0.257 e. The minimum atomic E-state index is 0.0729. The highest BCUT2D eigenvalue weighted by atomic mass is 16.2. The first-order chi connectivity index (χ1) is 9.09. The van der Waals surface area contributed by atoms with Crippen molar-refractivity contribution in [2.24, 2.45) is 5.92 Å². The average Bonchev–Trinajstić information content (AvgIpc) is 2.91. The van der Waals surface area contributed by atoms with Crippen molar-refractivity contribution in [2.45, 2.75) is 26.7 Å². The SMILES string of the molecule is CC(C)CN(C)C(=O)c1cccnc1N1CCCC1. The molecule has 0 bridgehead atoms. The maximum Gasteiger partial charge on any atom is 0.257 e. The molecule has 4 heteroatoms. The lowest BCUT2D eigenvalue weighted by Gasteiger charge is -2.23. The molecule has 2 rings (SSSR count). The number of rotatable bonds is 4. The van der Waals surface area contributed by atoms with Gasteiger partial charge in [-0.25, -0.2) is 4.98 Å². The van der Waals surface area contributed by atoms with E-state index in [1.165, 1.54) is 12.8 Å². The molecule has 0 aromatic carbocycles. The molecular formula is C15H23N3O. The Labute approximate surface area is 115 Å². The third-order valence-corrected chi connectivity index (χ3v) is 3.41. The van der Waals surface area contributed by atoms with E-state index in [0.29, 0.717) is 5.92 Å². The number of carbonyl (C=O) groups is 1. The Balaban J connectivity index is 2.21. The fourth-order valence-corrected chi connectivity index (χ4v) is 2.58. The van der Waals surface area contributed by atoms with Crippen LogP contribution in [0.2, 0.25) is 0 Å². The largest absolute Gasteiger partial charge is 0.356 e. The van der Waals surface area contributed by atoms with Crippen LogP contribution in [0.1, 0.15) is 37.0 Å². The molecule has 4 nitrogen and oxygen atoms in total. The second-order valence-electron chi connectivity index (χ2n) is 5.65. The van der Waals surface area contributed by atoms with Gasteiger partial charge in [0, 0.05) is 32.9 Å². The van der Waals surface area contributed by atoms with Gasteiger partial charge in [0.05, 0.1) is 5.56 Å². The molecule has 2 heterocycles. The number of carbonyl (C=O) groups excluding carboxylic acids is 1. The Morgan fingerprint density at radius 1 is 1.42 bits per heavy atom. The van der Waals surface area contributed by atoms with Crippen LogP contribution in [0.3, 0.4) is 0 Å². The van der Waals surface area contributed by atoms with Gasteiger partial charge in [0.2, 0.25) is 0 Å². The molecule has 1 aliphatic rings. The normalized spacial score (nSPS) is 15.1. The van der Waals surface area contributed by atoms with E-state index in [4.69, 9.17) is 0 Å². The van der Waals surface area contributed by atoms with Crippen LogP contribution in [0.15, 0.2) is 18.3 Å². The topological polar surface area (TPSA) is 36.4 Å². The predicted octanol–water partition coefficient (Wildman–Crippen LogP) is 2.41. The van der Waals surface area contributed by atoms with Gasteiger partial charge in [0.1, 0.15) is 5.82 Å². The van der Waals surface area contributed by atoms with Gasteiger partial charge in [-0.15, -0.1) is 0 Å². The van der Waals surface area contributed by atoms with E-state index in [2.05, 4.69) is 23.7 Å². The fourth-order valence-electron chi connectivity index (χ4n) is 2.58. The monoisotopic (exact) mass is 261 g/mol. The zero-order chi connectivity index (χ0) is 13.8. The number of amides is 1. The van der Waals surface area contributed by atoms with E-state index in [1.54, 1.807) is 11.1 Å². The standard InChI is InChI=1S/C15H23N3O/c1-12(2)11-17(3)15(19)13-7-6-8-16-14(13)18-9-4-5-10-18/h6-8,12H,4-5,9-11H2,1-3H3. The van der Waals surface area contributed by atoms with Gasteiger partial charge in [-0.05, 0) is 30.9 Å². The molecule has 1 aromatic heterocycles. The summed E-state index contributed by atoms with van der Waals surface area (Å²) in [6.45, 7) is 7.02. The fraction of sp³-hybridized carbons (Fsp3) is 0.600. The van der Waals surface area contributed by atoms with Gasteiger partial charge in [-0.1, -0.05) is 13.8 Å². The van der Waals surface area contributed by atoms with Gasteiger partial charge < -0.3 is 9.80 Å². The molecule has 1 saturated heterocycles. The van der Waals surface area contributed by atoms with E-state index in [1.807, 2.05) is 19.2 Å². The van der Waals surface area contributed by atoms with Gasteiger partial charge in [-0.2, -0.15) is 0 Å². The summed E-state index contributed by atoms with van der Waals surface area (Å²) in [5.41, 5.74) is 0.729. The summed E-state index contributed by atoms with van der Waals surface area (Å²) in [6, 6.07) is 3.73. The second kappa shape index (κ2) is 6.04. The van der Waals surface area contributed by atoms with Gasteiger partial charge in [0.25, 0.3) is 5.91 Å². The van der Waals surface area contributed by atoms with Crippen LogP contribution in [0, 0.1) is 5.92 Å². The van der Waals surface area contributed by atoms with Crippen LogP contribution in [-0.2, 0) is 0 Å². The van der Waals surface area contributed by atoms with E-state index < -0.39 is 0 Å². The number of hydrogen-bond donors (Lipinski definition) is 0. The first-order valence-electron chi connectivity index (χ1n) is 7.05. The van der Waals surface area contributed by atoms with E-state index in [0.717, 1.165) is 31.0 Å². The molecule has 0 atom stereocenters. The highest BCUT2D eigenvalue weighted by molar-refractivity contribution is 5.98. The number of hydrogen-bond acceptors (Lipinski definition) is 3. The summed E-state index contributed by atoms with van der Waals surface area (Å²) in [5, 5.41) is 0. The summed E-state index contributed by atoms with van der Waals surface area (Å²) in [5.74, 6) is 1.39. The number of nitrogens with zero attached hydrogens (tertiary/aromatic N) is 3. The van der Waals surface area contributed by atoms with Crippen molar-refractivity contribution in [3.05, 3.63) is 23.9 Å². The predicted molar refractivity (Wildman–Crippen MR) is 77.5 cm³/mol. The van der Waals surface area contributed by atoms with Crippen molar-refractivity contribution in [2.75, 3.05) is 31.6 Å². The lowest BCUT2D eigenvalue weighted by molar-refractivity contribution is 0.0779. The number of aromatic nitrogens is 1. The van der Waals surface area contributed by atoms with Crippen molar-refractivity contribution in [3.8, 4) is 0 Å². The van der Waals surface area contributed by atoms with E-state index in [-0.39, 0.29) is 5.91 Å². The zero-order valence-electron chi connectivity index (χ0n) is 12.1. The summed E-state index contributed by atoms with van der Waals surface area (Å²) in [7, 11) is 1.86. The molecule has 1 fully saturated rings. The summed E-state index contributed by atoms with van der Waals surface area (Å²) in [6.07, 6.45) is 4.14. The summed E-state index contributed by atoms with van der Waals surface area (Å²) < 4.78 is 0. The Morgan fingerprint density at radius 3 is 2.74 bits per heavy atom. The molecule has 0 unspecified atom stereocenters. The van der Waals surface area contributed by atoms with Gasteiger partial charge in [0.15, 0.2) is 0 Å². The number of anilines is 1. The third kappa shape index (κ3) is 3.25. The van der Waals surface area contributed by atoms with Crippen molar-refractivity contribution >= 4 is 11.7 Å². The minimum Gasteiger partial charge on any atom is -0.356 e. The molecule has 0 spiro atoms. The van der Waals surface area contributed by atoms with Crippen LogP contribution in [0.4, 0.5) is 5.82 Å². The lowest BCUT2D eigenvalue weighted by Crippen LogP contribution is -2.32. The first kappa shape index (κ1) is 13.8. The molecule has 1 aliphatic heterocycles. The number of pyridine rings is 1. The van der Waals surface area contributed by atoms with Crippen LogP contribution in [0.5, 0.6) is 0 Å². The molecule has 104 valence electrons. The Morgan fingerprint density at radius 2 is 2.11 bits per heavy atom. The minimum absolute atomic E-state index is 0.0729. The Bertz CT molecular complexity index is 439. The van der Waals surface area contributed by atoms with Crippen LogP contribution >= 0.6 is 0 Å². The van der Waals surface area contributed by atoms with Crippen LogP contribution in [0.25, 0.3) is 0 Å². The zero-order valence-corrected chi connectivity index (χ0v) is 12.1. The van der Waals surface area contributed by atoms with Crippen molar-refractivity contribution in [3.63, 3.8) is 0 Å². The second-order valence-corrected chi connectivity index (χ2v) is 5.65. The molecule has 1 amide bonds. The molecule has 1 aromatic rings. The van der Waals surface area contributed by atoms with Crippen molar-refractivity contribution in [1.29, 1.82) is 0 Å². The third-order valence-electron chi connectivity index (χ3n) is 3.41. The molecule has 0 aliphatic carbocycles. The molecular weight excluding hydrogens is 238 g/mol. The summed E-state index contributed by atoms with van der Waals surface area (Å²) >= 11 is 0. The van der Waals surface area contributed by atoms with Gasteiger partial charge >= 0.3 is 0 Å². The lowest BCUT2D eigenvalue weighted by atomic mass is 10.1. The molecule has 19 heavy (non-hydrogen) atoms. The highest BCUT2D eigenvalue weighted by Crippen LogP contribution is 2.23. The highest BCUT2D eigenvalue weighted by Gasteiger charge is 2.22. The molecule has 0 saturated carbocycles. The Hall–Kier alpha value is -1.58. The van der Waals surface area contributed by atoms with E-state index >= 15 is 0 Å². The van der Waals surface area contributed by atoms with Crippen molar-refractivity contribution < 1.29 is 4.79 Å². The maximum atomic E-state index is 12.5. The quantitative estimate of drug-likeness (QED) is 0.835. The maximum absolute atomic E-state index is 12.5. The van der Waals surface area contributed by atoms with Crippen LogP contribution < -0.4 is 4.90 Å². The van der Waals surface area contributed by atoms with Gasteiger partial charge in [-0.3, -0.25) is 4.79 Å². The van der Waals surface area contributed by atoms with E-state index in [9.17, 15) is 4.79 Å². The summed E-state index contributed by atoms with van der Waals surface area (Å²) in [4.78, 5) is 21.0. The molecule has 0 N–H and O–H groups in total. The Kier molecular flexibility index (Phi) is 4.40. The van der Waals surface area contributed by atoms with Crippen molar-refractivity contribution in [1.82, 2.24) is 9.88 Å². The average molecular weight is 261 g/mol. The molecule has 0 radical (unpaired) electrons.